The molecule has 0 unspecified atom stereocenters. The van der Waals surface area contributed by atoms with Gasteiger partial charge in [0.1, 0.15) is 12.4 Å². The summed E-state index contributed by atoms with van der Waals surface area (Å²) in [6.45, 7) is 0.428. The number of carbonyl (C=O) groups excluding carboxylic acids is 2. The number of benzene rings is 2. The van der Waals surface area contributed by atoms with Crippen LogP contribution in [0.15, 0.2) is 66.7 Å². The van der Waals surface area contributed by atoms with Crippen molar-refractivity contribution >= 4 is 11.8 Å². The van der Waals surface area contributed by atoms with Crippen molar-refractivity contribution in [2.24, 2.45) is 5.92 Å². The molecular formula is C21H22N2O3. The van der Waals surface area contributed by atoms with Gasteiger partial charge in [-0.05, 0) is 48.6 Å². The molecule has 2 aromatic rings. The predicted molar refractivity (Wildman–Crippen MR) is 99.3 cm³/mol. The van der Waals surface area contributed by atoms with Crippen molar-refractivity contribution in [2.45, 2.75) is 25.9 Å². The minimum absolute atomic E-state index is 0.178. The Bertz CT molecular complexity index is 770. The van der Waals surface area contributed by atoms with E-state index in [1.54, 1.807) is 12.1 Å². The largest absolute Gasteiger partial charge is 0.489 e. The molecule has 0 aliphatic heterocycles. The van der Waals surface area contributed by atoms with E-state index in [4.69, 9.17) is 4.74 Å². The van der Waals surface area contributed by atoms with E-state index >= 15 is 0 Å². The minimum atomic E-state index is -0.337. The first-order valence-electron chi connectivity index (χ1n) is 8.73. The van der Waals surface area contributed by atoms with Crippen molar-refractivity contribution in [1.82, 2.24) is 10.9 Å². The lowest BCUT2D eigenvalue weighted by molar-refractivity contribution is -0.122. The number of nitrogens with one attached hydrogen (secondary N) is 2. The van der Waals surface area contributed by atoms with Gasteiger partial charge in [-0.3, -0.25) is 20.4 Å². The second-order valence-electron chi connectivity index (χ2n) is 6.27. The molecule has 1 aliphatic rings. The normalized spacial score (nSPS) is 15.5. The number of hydrogen-bond acceptors (Lipinski definition) is 3. The molecule has 0 bridgehead atoms. The van der Waals surface area contributed by atoms with Crippen LogP contribution in [0.3, 0.4) is 0 Å². The first-order chi connectivity index (χ1) is 12.7. The summed E-state index contributed by atoms with van der Waals surface area (Å²) in [5.74, 6) is 0.559. The summed E-state index contributed by atoms with van der Waals surface area (Å²) in [7, 11) is 0. The van der Waals surface area contributed by atoms with Gasteiger partial charge in [0.05, 0.1) is 0 Å². The van der Waals surface area contributed by atoms with Crippen molar-refractivity contribution in [3.63, 3.8) is 0 Å². The highest BCUT2D eigenvalue weighted by Gasteiger charge is 2.14. The molecule has 0 fully saturated rings. The van der Waals surface area contributed by atoms with Gasteiger partial charge in [0.15, 0.2) is 0 Å². The quantitative estimate of drug-likeness (QED) is 0.620. The Morgan fingerprint density at radius 3 is 2.46 bits per heavy atom. The molecule has 1 aliphatic carbocycles. The highest BCUT2D eigenvalue weighted by atomic mass is 16.5. The van der Waals surface area contributed by atoms with Gasteiger partial charge in [-0.1, -0.05) is 42.5 Å². The van der Waals surface area contributed by atoms with Crippen molar-refractivity contribution in [3.05, 3.63) is 77.9 Å². The van der Waals surface area contributed by atoms with Gasteiger partial charge in [-0.25, -0.2) is 0 Å². The fourth-order valence-corrected chi connectivity index (χ4v) is 2.79. The fourth-order valence-electron chi connectivity index (χ4n) is 2.79. The van der Waals surface area contributed by atoms with E-state index in [9.17, 15) is 9.59 Å². The van der Waals surface area contributed by atoms with Gasteiger partial charge in [0.2, 0.25) is 5.91 Å². The lowest BCUT2D eigenvalue weighted by Gasteiger charge is -2.10. The van der Waals surface area contributed by atoms with Crippen LogP contribution in [0.25, 0.3) is 0 Å². The van der Waals surface area contributed by atoms with Gasteiger partial charge in [-0.2, -0.15) is 0 Å². The fraction of sp³-hybridized carbons (Fsp3) is 0.238. The molecule has 0 spiro atoms. The Morgan fingerprint density at radius 2 is 1.77 bits per heavy atom. The van der Waals surface area contributed by atoms with Crippen molar-refractivity contribution in [2.75, 3.05) is 0 Å². The van der Waals surface area contributed by atoms with E-state index in [-0.39, 0.29) is 17.7 Å². The number of para-hydroxylation sites is 1. The molecule has 2 N–H and O–H groups in total. The summed E-state index contributed by atoms with van der Waals surface area (Å²) in [6.07, 6.45) is 6.54. The van der Waals surface area contributed by atoms with Crippen molar-refractivity contribution < 1.29 is 14.3 Å². The molecule has 2 aromatic carbocycles. The number of allylic oxidation sites excluding steroid dienone is 2. The average molecular weight is 350 g/mol. The van der Waals surface area contributed by atoms with Crippen LogP contribution in [0, 0.1) is 5.92 Å². The Hall–Kier alpha value is -3.08. The van der Waals surface area contributed by atoms with Crippen molar-refractivity contribution in [3.8, 4) is 5.75 Å². The summed E-state index contributed by atoms with van der Waals surface area (Å²) in [4.78, 5) is 23.9. The number of hydrazine groups is 1. The second-order valence-corrected chi connectivity index (χ2v) is 6.27. The van der Waals surface area contributed by atoms with Crippen molar-refractivity contribution in [1.29, 1.82) is 0 Å². The summed E-state index contributed by atoms with van der Waals surface area (Å²) in [6, 6.07) is 16.7. The summed E-state index contributed by atoms with van der Waals surface area (Å²) in [5, 5.41) is 0. The molecule has 5 nitrogen and oxygen atoms in total. The highest BCUT2D eigenvalue weighted by Crippen LogP contribution is 2.19. The Labute approximate surface area is 153 Å². The lowest BCUT2D eigenvalue weighted by Crippen LogP contribution is -2.42. The molecule has 0 saturated carbocycles. The van der Waals surface area contributed by atoms with Crippen LogP contribution in [0.5, 0.6) is 5.75 Å². The molecule has 5 heteroatoms. The zero-order valence-electron chi connectivity index (χ0n) is 14.5. The number of carbonyl (C=O) groups is 2. The molecular weight excluding hydrogens is 328 g/mol. The monoisotopic (exact) mass is 350 g/mol. The molecule has 2 amide bonds. The maximum Gasteiger partial charge on any atom is 0.269 e. The number of ether oxygens (including phenoxy) is 1. The van der Waals surface area contributed by atoms with Gasteiger partial charge in [0.25, 0.3) is 5.91 Å². The Kier molecular flexibility index (Phi) is 6.04. The molecule has 1 atom stereocenters. The van der Waals surface area contributed by atoms with E-state index in [2.05, 4.69) is 23.0 Å². The van der Waals surface area contributed by atoms with E-state index in [1.807, 2.05) is 42.5 Å². The van der Waals surface area contributed by atoms with Gasteiger partial charge < -0.3 is 4.74 Å². The SMILES string of the molecule is O=C(C[C@@H]1C=CCC1)NNC(=O)c1ccc(COc2ccccc2)cc1. The Morgan fingerprint density at radius 1 is 1.00 bits per heavy atom. The number of amides is 2. The third-order valence-electron chi connectivity index (χ3n) is 4.24. The zero-order valence-corrected chi connectivity index (χ0v) is 14.5. The molecule has 0 heterocycles. The summed E-state index contributed by atoms with van der Waals surface area (Å²) >= 11 is 0. The zero-order chi connectivity index (χ0) is 18.2. The summed E-state index contributed by atoms with van der Waals surface area (Å²) < 4.78 is 5.67. The third kappa shape index (κ3) is 5.21. The van der Waals surface area contributed by atoms with Gasteiger partial charge in [0, 0.05) is 12.0 Å². The standard InChI is InChI=1S/C21H22N2O3/c24-20(14-16-6-4-5-7-16)22-23-21(25)18-12-10-17(11-13-18)15-26-19-8-2-1-3-9-19/h1-4,6,8-13,16H,5,7,14-15H2,(H,22,24)(H,23,25)/t16-/m1/s1. The van der Waals surface area contributed by atoms with Crippen LogP contribution < -0.4 is 15.6 Å². The first kappa shape index (κ1) is 17.7. The van der Waals surface area contributed by atoms with Crippen LogP contribution in [0.4, 0.5) is 0 Å². The predicted octanol–water partition coefficient (Wildman–Crippen LogP) is 3.38. The third-order valence-corrected chi connectivity index (χ3v) is 4.24. The Balaban J connectivity index is 1.44. The molecule has 0 radical (unpaired) electrons. The van der Waals surface area contributed by atoms with Crippen LogP contribution in [0.1, 0.15) is 35.2 Å². The van der Waals surface area contributed by atoms with E-state index in [1.165, 1.54) is 0 Å². The van der Waals surface area contributed by atoms with E-state index in [0.717, 1.165) is 24.2 Å². The lowest BCUT2D eigenvalue weighted by atomic mass is 10.1. The maximum absolute atomic E-state index is 12.1. The molecule has 26 heavy (non-hydrogen) atoms. The van der Waals surface area contributed by atoms with Gasteiger partial charge in [-0.15, -0.1) is 0 Å². The minimum Gasteiger partial charge on any atom is -0.489 e. The van der Waals surface area contributed by atoms with Crippen LogP contribution in [0.2, 0.25) is 0 Å². The molecule has 134 valence electrons. The molecule has 0 saturated heterocycles. The highest BCUT2D eigenvalue weighted by molar-refractivity contribution is 5.95. The molecule has 0 aromatic heterocycles. The molecule has 3 rings (SSSR count). The number of hydrogen-bond donors (Lipinski definition) is 2. The first-order valence-corrected chi connectivity index (χ1v) is 8.73. The van der Waals surface area contributed by atoms with Crippen LogP contribution in [-0.4, -0.2) is 11.8 Å². The van der Waals surface area contributed by atoms with E-state index in [0.29, 0.717) is 18.6 Å². The average Bonchev–Trinajstić information content (AvgIpc) is 3.18. The topological polar surface area (TPSA) is 67.4 Å². The summed E-state index contributed by atoms with van der Waals surface area (Å²) in [5.41, 5.74) is 6.37. The van der Waals surface area contributed by atoms with Crippen LogP contribution in [-0.2, 0) is 11.4 Å². The second kappa shape index (κ2) is 8.85. The maximum atomic E-state index is 12.1. The van der Waals surface area contributed by atoms with Crippen LogP contribution >= 0.6 is 0 Å². The van der Waals surface area contributed by atoms with E-state index < -0.39 is 0 Å². The van der Waals surface area contributed by atoms with Gasteiger partial charge >= 0.3 is 0 Å². The smallest absolute Gasteiger partial charge is 0.269 e. The number of rotatable bonds is 6.